The van der Waals surface area contributed by atoms with Gasteiger partial charge in [0.05, 0.1) is 17.0 Å². The number of thiazole rings is 1. The maximum Gasteiger partial charge on any atom is 0.297 e. The fourth-order valence-corrected chi connectivity index (χ4v) is 4.10. The highest BCUT2D eigenvalue weighted by Gasteiger charge is 2.44. The van der Waals surface area contributed by atoms with Gasteiger partial charge in [0.25, 0.3) is 5.91 Å². The van der Waals surface area contributed by atoms with E-state index in [0.717, 1.165) is 12.1 Å². The Morgan fingerprint density at radius 3 is 2.50 bits per heavy atom. The molecule has 138 valence electrons. The first-order valence-electron chi connectivity index (χ1n) is 8.29. The Balaban J connectivity index is 1.83. The van der Waals surface area contributed by atoms with Crippen LogP contribution in [0.2, 0.25) is 0 Å². The standard InChI is InChI=1S/C20H10F2N2O3S/c21-11-3-1-10(2-4-11)16-15-17(25)13-9-12(22)5-6-14(13)27-18(15)19(26)24(16)20-23-7-8-28-20/h1-9,16H. The molecule has 5 nitrogen and oxygen atoms in total. The van der Waals surface area contributed by atoms with E-state index in [-0.39, 0.29) is 22.3 Å². The molecule has 5 rings (SSSR count). The summed E-state index contributed by atoms with van der Waals surface area (Å²) in [6.45, 7) is 0. The molecule has 0 fully saturated rings. The summed E-state index contributed by atoms with van der Waals surface area (Å²) in [5.74, 6) is -1.67. The molecule has 0 aliphatic carbocycles. The zero-order chi connectivity index (χ0) is 19.4. The van der Waals surface area contributed by atoms with Crippen molar-refractivity contribution in [2.75, 3.05) is 4.90 Å². The summed E-state index contributed by atoms with van der Waals surface area (Å²) in [7, 11) is 0. The highest BCUT2D eigenvalue weighted by molar-refractivity contribution is 7.13. The molecule has 2 aromatic heterocycles. The van der Waals surface area contributed by atoms with Gasteiger partial charge in [0.1, 0.15) is 17.2 Å². The molecule has 1 aliphatic heterocycles. The first-order chi connectivity index (χ1) is 13.5. The summed E-state index contributed by atoms with van der Waals surface area (Å²) in [5, 5.41) is 2.12. The van der Waals surface area contributed by atoms with Crippen LogP contribution in [0.15, 0.2) is 63.3 Å². The van der Waals surface area contributed by atoms with E-state index >= 15 is 0 Å². The number of nitrogens with zero attached hydrogens (tertiary/aromatic N) is 2. The van der Waals surface area contributed by atoms with E-state index in [0.29, 0.717) is 10.7 Å². The lowest BCUT2D eigenvalue weighted by atomic mass is 9.98. The first kappa shape index (κ1) is 16.8. The zero-order valence-corrected chi connectivity index (χ0v) is 14.9. The second kappa shape index (κ2) is 6.07. The molecule has 1 amide bonds. The van der Waals surface area contributed by atoms with Gasteiger partial charge in [0.2, 0.25) is 5.76 Å². The molecule has 1 unspecified atom stereocenters. The third-order valence-corrected chi connectivity index (χ3v) is 5.41. The maximum absolute atomic E-state index is 13.7. The van der Waals surface area contributed by atoms with Crippen molar-refractivity contribution in [3.05, 3.63) is 92.8 Å². The predicted octanol–water partition coefficient (Wildman–Crippen LogP) is 4.28. The maximum atomic E-state index is 13.7. The van der Waals surface area contributed by atoms with Gasteiger partial charge >= 0.3 is 0 Å². The molecule has 2 aromatic carbocycles. The lowest BCUT2D eigenvalue weighted by Gasteiger charge is -2.22. The molecule has 28 heavy (non-hydrogen) atoms. The van der Waals surface area contributed by atoms with Crippen LogP contribution in [-0.4, -0.2) is 10.9 Å². The van der Waals surface area contributed by atoms with Crippen LogP contribution in [0.4, 0.5) is 13.9 Å². The van der Waals surface area contributed by atoms with Crippen molar-refractivity contribution in [3.8, 4) is 0 Å². The van der Waals surface area contributed by atoms with Crippen LogP contribution in [-0.2, 0) is 0 Å². The smallest absolute Gasteiger partial charge is 0.297 e. The van der Waals surface area contributed by atoms with Gasteiger partial charge in [-0.2, -0.15) is 0 Å². The van der Waals surface area contributed by atoms with Crippen molar-refractivity contribution < 1.29 is 18.0 Å². The lowest BCUT2D eigenvalue weighted by Crippen LogP contribution is -2.29. The molecule has 1 aliphatic rings. The molecule has 0 N–H and O–H groups in total. The van der Waals surface area contributed by atoms with Crippen LogP contribution in [0, 0.1) is 11.6 Å². The van der Waals surface area contributed by atoms with Crippen molar-refractivity contribution in [1.82, 2.24) is 4.98 Å². The van der Waals surface area contributed by atoms with Gasteiger partial charge in [-0.3, -0.25) is 14.5 Å². The van der Waals surface area contributed by atoms with E-state index in [9.17, 15) is 18.4 Å². The Hall–Kier alpha value is -3.39. The second-order valence-corrected chi connectivity index (χ2v) is 7.13. The zero-order valence-electron chi connectivity index (χ0n) is 14.1. The van der Waals surface area contributed by atoms with Gasteiger partial charge in [-0.1, -0.05) is 12.1 Å². The molecule has 0 spiro atoms. The van der Waals surface area contributed by atoms with Crippen LogP contribution >= 0.6 is 11.3 Å². The van der Waals surface area contributed by atoms with Crippen molar-refractivity contribution >= 4 is 33.3 Å². The number of carbonyl (C=O) groups is 1. The number of halogens is 2. The highest BCUT2D eigenvalue weighted by atomic mass is 32.1. The predicted molar refractivity (Wildman–Crippen MR) is 99.6 cm³/mol. The SMILES string of the molecule is O=C1c2oc3ccc(F)cc3c(=O)c2C(c2ccc(F)cc2)N1c1nccs1. The molecular weight excluding hydrogens is 386 g/mol. The Bertz CT molecular complexity index is 1280. The third kappa shape index (κ3) is 2.38. The van der Waals surface area contributed by atoms with Gasteiger partial charge in [0, 0.05) is 11.6 Å². The average molecular weight is 396 g/mol. The first-order valence-corrected chi connectivity index (χ1v) is 9.17. The molecule has 8 heteroatoms. The van der Waals surface area contributed by atoms with Crippen LogP contribution in [0.3, 0.4) is 0 Å². The minimum absolute atomic E-state index is 0.0413. The van der Waals surface area contributed by atoms with Crippen LogP contribution in [0.5, 0.6) is 0 Å². The Kier molecular flexibility index (Phi) is 3.63. The molecule has 0 radical (unpaired) electrons. The van der Waals surface area contributed by atoms with E-state index in [1.807, 2.05) is 0 Å². The number of hydrogen-bond donors (Lipinski definition) is 0. The van der Waals surface area contributed by atoms with Crippen LogP contribution < -0.4 is 10.3 Å². The topological polar surface area (TPSA) is 63.4 Å². The van der Waals surface area contributed by atoms with E-state index in [1.54, 1.807) is 11.6 Å². The number of aromatic nitrogens is 1. The fourth-order valence-electron chi connectivity index (χ4n) is 3.44. The van der Waals surface area contributed by atoms with Crippen molar-refractivity contribution in [1.29, 1.82) is 0 Å². The quantitative estimate of drug-likeness (QED) is 0.507. The normalized spacial score (nSPS) is 16.0. The minimum Gasteiger partial charge on any atom is -0.450 e. The third-order valence-electron chi connectivity index (χ3n) is 4.64. The summed E-state index contributed by atoms with van der Waals surface area (Å²) in [6, 6.07) is 8.21. The molecule has 3 heterocycles. The summed E-state index contributed by atoms with van der Waals surface area (Å²) in [5.41, 5.74) is 0.228. The Labute approximate surface area is 160 Å². The van der Waals surface area contributed by atoms with Crippen molar-refractivity contribution in [2.24, 2.45) is 0 Å². The van der Waals surface area contributed by atoms with E-state index in [2.05, 4.69) is 4.98 Å². The van der Waals surface area contributed by atoms with E-state index in [4.69, 9.17) is 4.42 Å². The van der Waals surface area contributed by atoms with E-state index in [1.165, 1.54) is 46.6 Å². The van der Waals surface area contributed by atoms with Crippen LogP contribution in [0.1, 0.15) is 27.7 Å². The number of carbonyl (C=O) groups excluding carboxylic acids is 1. The highest BCUT2D eigenvalue weighted by Crippen LogP contribution is 2.41. The summed E-state index contributed by atoms with van der Waals surface area (Å²) in [6.07, 6.45) is 1.54. The fraction of sp³-hybridized carbons (Fsp3) is 0.0500. The molecule has 4 aromatic rings. The average Bonchev–Trinajstić information content (AvgIpc) is 3.30. The number of anilines is 1. The van der Waals surface area contributed by atoms with Crippen LogP contribution in [0.25, 0.3) is 11.0 Å². The van der Waals surface area contributed by atoms with E-state index < -0.39 is 29.0 Å². The minimum atomic E-state index is -0.849. The summed E-state index contributed by atoms with van der Waals surface area (Å²) < 4.78 is 32.8. The number of benzene rings is 2. The monoisotopic (exact) mass is 396 g/mol. The Morgan fingerprint density at radius 1 is 1.04 bits per heavy atom. The van der Waals surface area contributed by atoms with Gasteiger partial charge in [-0.15, -0.1) is 11.3 Å². The number of fused-ring (bicyclic) bond motifs is 2. The van der Waals surface area contributed by atoms with Crippen molar-refractivity contribution in [2.45, 2.75) is 6.04 Å². The lowest BCUT2D eigenvalue weighted by molar-refractivity contribution is 0.0971. The van der Waals surface area contributed by atoms with Gasteiger partial charge < -0.3 is 4.42 Å². The summed E-state index contributed by atoms with van der Waals surface area (Å²) >= 11 is 1.22. The molecule has 0 bridgehead atoms. The second-order valence-electron chi connectivity index (χ2n) is 6.26. The van der Waals surface area contributed by atoms with Gasteiger partial charge in [-0.25, -0.2) is 13.8 Å². The van der Waals surface area contributed by atoms with Gasteiger partial charge in [-0.05, 0) is 35.9 Å². The number of hydrogen-bond acceptors (Lipinski definition) is 5. The van der Waals surface area contributed by atoms with Gasteiger partial charge in [0.15, 0.2) is 10.6 Å². The number of amides is 1. The molecule has 1 atom stereocenters. The molecule has 0 saturated carbocycles. The summed E-state index contributed by atoms with van der Waals surface area (Å²) in [4.78, 5) is 31.8. The van der Waals surface area contributed by atoms with Crippen molar-refractivity contribution in [3.63, 3.8) is 0 Å². The number of rotatable bonds is 2. The molecule has 0 saturated heterocycles. The largest absolute Gasteiger partial charge is 0.450 e. The molecular formula is C20H10F2N2O3S. The Morgan fingerprint density at radius 2 is 1.79 bits per heavy atom.